The van der Waals surface area contributed by atoms with Crippen LogP contribution in [0, 0.1) is 0 Å². The minimum Gasteiger partial charge on any atom is -0.493 e. The van der Waals surface area contributed by atoms with Gasteiger partial charge >= 0.3 is 5.97 Å². The highest BCUT2D eigenvalue weighted by Gasteiger charge is 2.38. The number of carbonyl (C=O) groups excluding carboxylic acids is 6. The number of rotatable bonds is 65. The topological polar surface area (TPSA) is 371 Å². The second kappa shape index (κ2) is 60.1. The number of unbranched alkanes of at least 4 members (excludes halogenated alkanes) is 3. The van der Waals surface area contributed by atoms with E-state index in [1.165, 1.54) is 27.5 Å². The summed E-state index contributed by atoms with van der Waals surface area (Å²) < 4.78 is 100. The van der Waals surface area contributed by atoms with Crippen molar-refractivity contribution in [1.82, 2.24) is 26.2 Å². The van der Waals surface area contributed by atoms with Gasteiger partial charge in [-0.15, -0.1) is 11.6 Å². The van der Waals surface area contributed by atoms with Gasteiger partial charge in [-0.25, -0.2) is 4.79 Å². The lowest BCUT2D eigenvalue weighted by atomic mass is 9.91. The number of amides is 5. The molecule has 0 saturated carbocycles. The highest BCUT2D eigenvalue weighted by molar-refractivity contribution is 6.31. The van der Waals surface area contributed by atoms with Crippen LogP contribution in [0.5, 0.6) is 34.5 Å². The Morgan fingerprint density at radius 1 is 0.537 bits per heavy atom. The molecule has 0 radical (unpaired) electrons. The molecule has 0 unspecified atom stereocenters. The molecule has 3 atom stereocenters. The van der Waals surface area contributed by atoms with Crippen molar-refractivity contribution in [3.63, 3.8) is 0 Å². The molecule has 1 saturated heterocycles. The molecule has 3 aromatic rings. The van der Waals surface area contributed by atoms with Crippen molar-refractivity contribution in [2.45, 2.75) is 89.2 Å². The van der Waals surface area contributed by atoms with E-state index in [9.17, 15) is 28.8 Å². The molecule has 1 aliphatic rings. The van der Waals surface area contributed by atoms with Crippen LogP contribution in [-0.4, -0.2) is 291 Å². The fourth-order valence-corrected chi connectivity index (χ4v) is 10.9. The van der Waals surface area contributed by atoms with Gasteiger partial charge in [-0.3, -0.25) is 29.0 Å². The second-order valence-electron chi connectivity index (χ2n) is 24.1. The van der Waals surface area contributed by atoms with Crippen molar-refractivity contribution in [3.05, 3.63) is 71.3 Å². The molecular weight excluding hydrogens is 1430 g/mol. The summed E-state index contributed by atoms with van der Waals surface area (Å²) in [5, 5.41) is 14.5. The van der Waals surface area contributed by atoms with E-state index in [2.05, 4.69) is 31.4 Å². The van der Waals surface area contributed by atoms with Crippen LogP contribution >= 0.6 is 11.6 Å². The first-order valence-electron chi connectivity index (χ1n) is 36.8. The minimum absolute atomic E-state index is 0.0584. The fraction of sp³-hybridized carbons (Fsp3) is 0.653. The van der Waals surface area contributed by atoms with Crippen LogP contribution in [0.2, 0.25) is 0 Å². The fourth-order valence-electron chi connectivity index (χ4n) is 10.7. The van der Waals surface area contributed by atoms with Crippen LogP contribution in [0.15, 0.2) is 64.7 Å². The lowest BCUT2D eigenvalue weighted by molar-refractivity contribution is -0.162. The number of nitrogens with one attached hydrogen (secondary N) is 4. The maximum Gasteiger partial charge on any atom is 0.329 e. The first-order chi connectivity index (χ1) is 52.8. The second-order valence-corrected chi connectivity index (χ2v) is 24.5. The summed E-state index contributed by atoms with van der Waals surface area (Å²) in [5.41, 5.74) is 2.59. The number of aliphatic imine (C=N–C) groups is 1. The monoisotopic (exact) mass is 1550 g/mol. The van der Waals surface area contributed by atoms with Gasteiger partial charge in [0.25, 0.3) is 5.91 Å². The van der Waals surface area contributed by atoms with E-state index in [0.29, 0.717) is 155 Å². The molecule has 0 aromatic heterocycles. The summed E-state index contributed by atoms with van der Waals surface area (Å²) in [4.78, 5) is 84.1. The highest BCUT2D eigenvalue weighted by Crippen LogP contribution is 2.42. The molecule has 5 amide bonds. The number of hydrogen-bond donors (Lipinski definition) is 5. The van der Waals surface area contributed by atoms with Crippen LogP contribution < -0.4 is 55.5 Å². The third kappa shape index (κ3) is 40.1. The van der Waals surface area contributed by atoms with Gasteiger partial charge < -0.3 is 117 Å². The first kappa shape index (κ1) is 92.7. The third-order valence-electron chi connectivity index (χ3n) is 16.3. The average molecular weight is 1550 g/mol. The predicted octanol–water partition coefficient (Wildman–Crippen LogP) is 4.73. The smallest absolute Gasteiger partial charge is 0.329 e. The van der Waals surface area contributed by atoms with Gasteiger partial charge in [0.2, 0.25) is 29.4 Å². The van der Waals surface area contributed by atoms with Gasteiger partial charge in [-0.2, -0.15) is 5.10 Å². The Morgan fingerprint density at radius 2 is 1.05 bits per heavy atom. The van der Waals surface area contributed by atoms with Gasteiger partial charge in [-0.05, 0) is 104 Å². The van der Waals surface area contributed by atoms with E-state index in [4.69, 9.17) is 103 Å². The summed E-state index contributed by atoms with van der Waals surface area (Å²) in [7, 11) is 7.69. The number of benzene rings is 3. The molecule has 33 heteroatoms. The van der Waals surface area contributed by atoms with E-state index >= 15 is 0 Å². The van der Waals surface area contributed by atoms with Gasteiger partial charge in [-0.1, -0.05) is 38.0 Å². The lowest BCUT2D eigenvalue weighted by Gasteiger charge is -2.37. The van der Waals surface area contributed by atoms with Gasteiger partial charge in [0.15, 0.2) is 29.6 Å². The maximum absolute atomic E-state index is 14.6. The summed E-state index contributed by atoms with van der Waals surface area (Å²) >= 11 is 5.67. The Morgan fingerprint density at radius 3 is 1.57 bits per heavy atom. The molecule has 3 aromatic carbocycles. The normalized spacial score (nSPS) is 13.5. The summed E-state index contributed by atoms with van der Waals surface area (Å²) in [6.45, 7) is 9.05. The number of hydrogen-bond acceptors (Lipinski definition) is 27. The zero-order valence-electron chi connectivity index (χ0n) is 63.9. The van der Waals surface area contributed by atoms with E-state index < -0.39 is 24.0 Å². The number of carbonyl (C=O) groups is 6. The Labute approximate surface area is 640 Å². The number of likely N-dealkylation sites (tertiary alicyclic amines) is 1. The number of esters is 1. The molecule has 0 spiro atoms. The molecule has 32 nitrogen and oxygen atoms in total. The van der Waals surface area contributed by atoms with E-state index in [1.807, 2.05) is 31.2 Å². The molecule has 0 bridgehead atoms. The van der Waals surface area contributed by atoms with Crippen LogP contribution in [-0.2, 0) is 92.0 Å². The number of hydrazone groups is 1. The van der Waals surface area contributed by atoms with Crippen molar-refractivity contribution in [1.29, 1.82) is 0 Å². The first-order valence-corrected chi connectivity index (χ1v) is 37.4. The van der Waals surface area contributed by atoms with Gasteiger partial charge in [0.1, 0.15) is 37.7 Å². The number of methoxy groups -OCH3 is 5. The third-order valence-corrected chi connectivity index (χ3v) is 16.5. The van der Waals surface area contributed by atoms with Crippen LogP contribution in [0.3, 0.4) is 0 Å². The van der Waals surface area contributed by atoms with Crippen molar-refractivity contribution in [2.75, 3.05) is 233 Å². The summed E-state index contributed by atoms with van der Waals surface area (Å²) in [6.07, 6.45) is 8.17. The van der Waals surface area contributed by atoms with Crippen LogP contribution in [0.25, 0.3) is 0 Å². The number of aryl methyl sites for hydroxylation is 1. The number of ether oxygens (including phenoxy) is 18. The largest absolute Gasteiger partial charge is 0.493 e. The van der Waals surface area contributed by atoms with Crippen molar-refractivity contribution < 1.29 is 114 Å². The highest BCUT2D eigenvalue weighted by atomic mass is 35.5. The van der Waals surface area contributed by atoms with E-state index in [-0.39, 0.29) is 148 Å². The number of halogens is 1. The maximum atomic E-state index is 14.6. The number of alkyl halides is 1. The molecule has 0 aliphatic carbocycles. The molecule has 4 rings (SSSR count). The molecule has 608 valence electrons. The molecule has 1 aliphatic heterocycles. The Kier molecular flexibility index (Phi) is 51.6. The Bertz CT molecular complexity index is 3020. The average Bonchev–Trinajstić information content (AvgIpc) is 0.799. The summed E-state index contributed by atoms with van der Waals surface area (Å²) in [6, 6.07) is 15.4. The zero-order valence-corrected chi connectivity index (χ0v) is 64.6. The predicted molar refractivity (Wildman–Crippen MR) is 402 cm³/mol. The molecule has 6 N–H and O–H groups in total. The molecule has 1 heterocycles. The number of nitrogens with two attached hydrogens (primary N) is 1. The molecular formula is C75H117ClN8O24. The van der Waals surface area contributed by atoms with Crippen molar-refractivity contribution in [3.8, 4) is 34.5 Å². The van der Waals surface area contributed by atoms with Crippen molar-refractivity contribution >= 4 is 59.0 Å². The standard InChI is InChI=1S/C75H117ClN8O24/c1-7-62(59-49-67(93-4)73(95-6)68(50-59)94-5)74(89)84-27-12-10-17-63(84)75(90)108-64(20-18-57-19-21-65(91-2)66(47-57)92-3)58-15-14-16-61(48-58)107-56-72(88)81-26-32-100-37-40-102-42-45-105-54-70(86)80-25-31-99-36-39-103-43-46-106-55-71(87)82-52-60(83-77)51-78-23-29-97-35-38-101-41-44-104-53-69(85)79-24-30-98-34-33-96-28-13-9-8-11-22-76/h14-16,19,21,47-51,62-64H,7-13,17-18,20,22-46,52-56,77H2,1-6H3,(H,79,85)(H,80,86)(H,81,88)(H,82,87)/t62-,63-,64+/m0/s1. The van der Waals surface area contributed by atoms with Gasteiger partial charge in [0, 0.05) is 44.9 Å². The lowest BCUT2D eigenvalue weighted by Crippen LogP contribution is -2.50. The van der Waals surface area contributed by atoms with Crippen molar-refractivity contribution in [2.24, 2.45) is 15.9 Å². The molecule has 1 fully saturated rings. The number of nitrogens with zero attached hydrogens (tertiary/aromatic N) is 3. The SMILES string of the molecule is CC[C@H](C(=O)N1CCCC[C@H]1C(=O)O[C@H](CCc1ccc(OC)c(OC)c1)c1cccc(OCC(=O)NCCOCCOCCOCC(=O)NCCOCCOCCOCC(=O)NCC(C=NCCOCCOCCOCC(=O)NCCOCCOCCCCCCCl)=NN)c1)c1cc(OC)c(OC)c(OC)c1. The quantitative estimate of drug-likeness (QED) is 0.0127. The minimum atomic E-state index is -0.832. The van der Waals surface area contributed by atoms with E-state index in [0.717, 1.165) is 44.1 Å². The Balaban J connectivity index is 0.969. The van der Waals surface area contributed by atoms with Crippen LogP contribution in [0.1, 0.15) is 93.4 Å². The van der Waals surface area contributed by atoms with E-state index in [1.54, 1.807) is 49.5 Å². The van der Waals surface area contributed by atoms with Gasteiger partial charge in [0.05, 0.1) is 179 Å². The van der Waals surface area contributed by atoms with Crippen LogP contribution in [0.4, 0.5) is 0 Å². The molecule has 108 heavy (non-hydrogen) atoms. The summed E-state index contributed by atoms with van der Waals surface area (Å²) in [5.74, 6) is 6.32. The zero-order chi connectivity index (χ0) is 77.9. The number of piperidine rings is 1. The Hall–Kier alpha value is -7.73.